The van der Waals surface area contributed by atoms with Crippen molar-refractivity contribution < 1.29 is 14.9 Å². The molecule has 0 atom stereocenters. The van der Waals surface area contributed by atoms with Gasteiger partial charge in [-0.25, -0.2) is 0 Å². The summed E-state index contributed by atoms with van der Waals surface area (Å²) in [5, 5.41) is 20.1. The largest absolute Gasteiger partial charge is 0.507 e. The van der Waals surface area contributed by atoms with Crippen molar-refractivity contribution in [1.29, 1.82) is 0 Å². The van der Waals surface area contributed by atoms with Crippen LogP contribution in [-0.4, -0.2) is 10.2 Å². The fourth-order valence-electron chi connectivity index (χ4n) is 2.59. The van der Waals surface area contributed by atoms with Crippen LogP contribution in [-0.2, 0) is 18.0 Å². The standard InChI is InChI=1S/C18H22O3/c1-11-5-13(3)17(19)15(7-11)9-21-10-16-8-12(2)6-14(4)18(16)20/h5-8,19-20H,9-10H2,1-4H3. The Balaban J connectivity index is 2.09. The first kappa shape index (κ1) is 15.4. The van der Waals surface area contributed by atoms with Crippen LogP contribution in [0.2, 0.25) is 0 Å². The molecule has 0 heterocycles. The number of aryl methyl sites for hydroxylation is 4. The number of phenolic OH excluding ortho intramolecular Hbond substituents is 2. The van der Waals surface area contributed by atoms with Crippen LogP contribution in [0.25, 0.3) is 0 Å². The minimum absolute atomic E-state index is 0.283. The molecule has 2 aromatic rings. The number of aromatic hydroxyl groups is 2. The normalized spacial score (nSPS) is 10.9. The second kappa shape index (κ2) is 6.19. The molecule has 21 heavy (non-hydrogen) atoms. The van der Waals surface area contributed by atoms with Crippen molar-refractivity contribution in [3.8, 4) is 11.5 Å². The van der Waals surface area contributed by atoms with Gasteiger partial charge < -0.3 is 14.9 Å². The molecule has 0 fully saturated rings. The van der Waals surface area contributed by atoms with Gasteiger partial charge in [0.15, 0.2) is 0 Å². The van der Waals surface area contributed by atoms with Crippen molar-refractivity contribution in [2.24, 2.45) is 0 Å². The van der Waals surface area contributed by atoms with E-state index >= 15 is 0 Å². The van der Waals surface area contributed by atoms with Gasteiger partial charge in [-0.2, -0.15) is 0 Å². The molecule has 0 aliphatic carbocycles. The van der Waals surface area contributed by atoms with E-state index in [-0.39, 0.29) is 11.5 Å². The van der Waals surface area contributed by atoms with Gasteiger partial charge in [0.05, 0.1) is 13.2 Å². The topological polar surface area (TPSA) is 49.7 Å². The lowest BCUT2D eigenvalue weighted by Crippen LogP contribution is -1.98. The van der Waals surface area contributed by atoms with Gasteiger partial charge in [-0.1, -0.05) is 35.4 Å². The molecule has 0 saturated carbocycles. The minimum atomic E-state index is 0.283. The Morgan fingerprint density at radius 2 is 1.10 bits per heavy atom. The summed E-state index contributed by atoms with van der Waals surface area (Å²) in [4.78, 5) is 0. The quantitative estimate of drug-likeness (QED) is 0.891. The highest BCUT2D eigenvalue weighted by Gasteiger charge is 2.08. The van der Waals surface area contributed by atoms with Gasteiger partial charge in [-0.15, -0.1) is 0 Å². The molecule has 0 aliphatic heterocycles. The third-order valence-electron chi connectivity index (χ3n) is 3.56. The van der Waals surface area contributed by atoms with Crippen LogP contribution in [0.5, 0.6) is 11.5 Å². The van der Waals surface area contributed by atoms with E-state index in [1.807, 2.05) is 52.0 Å². The van der Waals surface area contributed by atoms with Crippen molar-refractivity contribution in [2.75, 3.05) is 0 Å². The summed E-state index contributed by atoms with van der Waals surface area (Å²) in [5.74, 6) is 0.565. The molecule has 0 saturated heterocycles. The second-order valence-corrected chi connectivity index (χ2v) is 5.67. The molecule has 0 bridgehead atoms. The van der Waals surface area contributed by atoms with Gasteiger partial charge in [0, 0.05) is 11.1 Å². The van der Waals surface area contributed by atoms with Crippen LogP contribution >= 0.6 is 0 Å². The summed E-state index contributed by atoms with van der Waals surface area (Å²) in [7, 11) is 0. The van der Waals surface area contributed by atoms with E-state index in [1.165, 1.54) is 0 Å². The second-order valence-electron chi connectivity index (χ2n) is 5.67. The predicted molar refractivity (Wildman–Crippen MR) is 83.7 cm³/mol. The fourth-order valence-corrected chi connectivity index (χ4v) is 2.59. The number of rotatable bonds is 4. The highest BCUT2D eigenvalue weighted by atomic mass is 16.5. The highest BCUT2D eigenvalue weighted by Crippen LogP contribution is 2.27. The lowest BCUT2D eigenvalue weighted by molar-refractivity contribution is 0.103. The van der Waals surface area contributed by atoms with Gasteiger partial charge in [-0.05, 0) is 38.8 Å². The Bertz CT molecular complexity index is 602. The lowest BCUT2D eigenvalue weighted by atomic mass is 10.1. The fraction of sp³-hybridized carbons (Fsp3) is 0.333. The van der Waals surface area contributed by atoms with Crippen molar-refractivity contribution in [2.45, 2.75) is 40.9 Å². The van der Waals surface area contributed by atoms with Crippen LogP contribution in [0.4, 0.5) is 0 Å². The van der Waals surface area contributed by atoms with Crippen molar-refractivity contribution in [3.63, 3.8) is 0 Å². The van der Waals surface area contributed by atoms with E-state index in [2.05, 4.69) is 0 Å². The van der Waals surface area contributed by atoms with Crippen LogP contribution in [0.1, 0.15) is 33.4 Å². The summed E-state index contributed by atoms with van der Waals surface area (Å²) < 4.78 is 5.67. The van der Waals surface area contributed by atoms with Crippen LogP contribution < -0.4 is 0 Å². The molecular formula is C18H22O3. The minimum Gasteiger partial charge on any atom is -0.507 e. The zero-order chi connectivity index (χ0) is 15.6. The smallest absolute Gasteiger partial charge is 0.124 e. The van der Waals surface area contributed by atoms with E-state index < -0.39 is 0 Å². The average molecular weight is 286 g/mol. The van der Waals surface area contributed by atoms with E-state index in [4.69, 9.17) is 4.74 Å². The first-order valence-electron chi connectivity index (χ1n) is 7.04. The van der Waals surface area contributed by atoms with Crippen LogP contribution in [0, 0.1) is 27.7 Å². The Morgan fingerprint density at radius 1 is 0.714 bits per heavy atom. The van der Waals surface area contributed by atoms with Crippen molar-refractivity contribution >= 4 is 0 Å². The van der Waals surface area contributed by atoms with Gasteiger partial charge >= 0.3 is 0 Å². The maximum atomic E-state index is 10.0. The van der Waals surface area contributed by atoms with E-state index in [1.54, 1.807) is 0 Å². The Morgan fingerprint density at radius 3 is 1.48 bits per heavy atom. The predicted octanol–water partition coefficient (Wildman–Crippen LogP) is 4.05. The molecule has 2 aromatic carbocycles. The van der Waals surface area contributed by atoms with Gasteiger partial charge in [-0.3, -0.25) is 0 Å². The Labute approximate surface area is 125 Å². The summed E-state index contributed by atoms with van der Waals surface area (Å²) in [6, 6.07) is 7.72. The Hall–Kier alpha value is -2.00. The van der Waals surface area contributed by atoms with E-state index in [9.17, 15) is 10.2 Å². The zero-order valence-electron chi connectivity index (χ0n) is 13.0. The van der Waals surface area contributed by atoms with Gasteiger partial charge in [0.1, 0.15) is 11.5 Å². The number of hydrogen-bond donors (Lipinski definition) is 2. The molecule has 2 N–H and O–H groups in total. The number of phenols is 2. The summed E-state index contributed by atoms with van der Waals surface area (Å²) in [6.45, 7) is 8.38. The molecule has 3 heteroatoms. The number of ether oxygens (including phenoxy) is 1. The third-order valence-corrected chi connectivity index (χ3v) is 3.56. The molecule has 0 aromatic heterocycles. The average Bonchev–Trinajstić information content (AvgIpc) is 2.40. The molecule has 3 nitrogen and oxygen atoms in total. The van der Waals surface area contributed by atoms with Gasteiger partial charge in [0.25, 0.3) is 0 Å². The molecule has 0 aliphatic rings. The maximum Gasteiger partial charge on any atom is 0.124 e. The Kier molecular flexibility index (Phi) is 4.53. The number of hydrogen-bond acceptors (Lipinski definition) is 3. The van der Waals surface area contributed by atoms with E-state index in [0.29, 0.717) is 13.2 Å². The molecule has 112 valence electrons. The number of benzene rings is 2. The first-order chi connectivity index (χ1) is 9.88. The third kappa shape index (κ3) is 3.56. The molecule has 0 radical (unpaired) electrons. The lowest BCUT2D eigenvalue weighted by Gasteiger charge is -2.12. The highest BCUT2D eigenvalue weighted by molar-refractivity contribution is 5.43. The molecule has 0 spiro atoms. The van der Waals surface area contributed by atoms with Crippen LogP contribution in [0.3, 0.4) is 0 Å². The SMILES string of the molecule is Cc1cc(C)c(O)c(COCc2cc(C)cc(C)c2O)c1. The molecule has 0 unspecified atom stereocenters. The summed E-state index contributed by atoms with van der Waals surface area (Å²) in [5.41, 5.74) is 5.44. The van der Waals surface area contributed by atoms with Crippen molar-refractivity contribution in [1.82, 2.24) is 0 Å². The zero-order valence-corrected chi connectivity index (χ0v) is 13.0. The molecular weight excluding hydrogens is 264 g/mol. The monoisotopic (exact) mass is 286 g/mol. The van der Waals surface area contributed by atoms with Crippen molar-refractivity contribution in [3.05, 3.63) is 57.6 Å². The molecule has 2 rings (SSSR count). The van der Waals surface area contributed by atoms with E-state index in [0.717, 1.165) is 33.4 Å². The molecule has 0 amide bonds. The summed E-state index contributed by atoms with van der Waals surface area (Å²) >= 11 is 0. The maximum absolute atomic E-state index is 10.0. The summed E-state index contributed by atoms with van der Waals surface area (Å²) in [6.07, 6.45) is 0. The van der Waals surface area contributed by atoms with Gasteiger partial charge in [0.2, 0.25) is 0 Å². The first-order valence-corrected chi connectivity index (χ1v) is 7.04. The van der Waals surface area contributed by atoms with Crippen LogP contribution in [0.15, 0.2) is 24.3 Å².